The maximum absolute atomic E-state index is 4.15. The minimum atomic E-state index is 1.07. The summed E-state index contributed by atoms with van der Waals surface area (Å²) in [5.41, 5.74) is 0. The molecule has 0 aliphatic carbocycles. The van der Waals surface area contributed by atoms with E-state index in [9.17, 15) is 0 Å². The predicted molar refractivity (Wildman–Crippen MR) is 25.4 cm³/mol. The van der Waals surface area contributed by atoms with Crippen LogP contribution < -0.4 is 5.32 Å². The van der Waals surface area contributed by atoms with E-state index in [0.717, 1.165) is 13.1 Å². The minimum Gasteiger partial charge on any atom is -0.242 e. The molecule has 0 spiro atoms. The molecule has 2 radical (unpaired) electrons. The molecule has 1 aliphatic rings. The van der Waals surface area contributed by atoms with E-state index in [2.05, 4.69) is 11.7 Å². The molecule has 0 aromatic heterocycles. The highest BCUT2D eigenvalue weighted by molar-refractivity contribution is 4.71. The molecule has 1 nitrogen and oxygen atoms in total. The zero-order chi connectivity index (χ0) is 4.24. The van der Waals surface area contributed by atoms with Crippen molar-refractivity contribution in [3.63, 3.8) is 0 Å². The first-order valence-electron chi connectivity index (χ1n) is 2.45. The SMILES string of the molecule is [CH]1CC[N]CC1. The standard InChI is InChI=1S/C5H9N/c1-2-4-6-5-3-1/h1H,2-5H2. The molecule has 1 fully saturated rings. The van der Waals surface area contributed by atoms with Gasteiger partial charge >= 0.3 is 0 Å². The van der Waals surface area contributed by atoms with E-state index in [4.69, 9.17) is 0 Å². The predicted octanol–water partition coefficient (Wildman–Crippen LogP) is 0.589. The Bertz CT molecular complexity index is 19.4. The van der Waals surface area contributed by atoms with E-state index in [1.54, 1.807) is 0 Å². The molecule has 0 aromatic carbocycles. The third-order valence-corrected chi connectivity index (χ3v) is 0.983. The van der Waals surface area contributed by atoms with Crippen LogP contribution in [-0.2, 0) is 0 Å². The van der Waals surface area contributed by atoms with E-state index in [1.807, 2.05) is 0 Å². The Morgan fingerprint density at radius 3 is 2.00 bits per heavy atom. The van der Waals surface area contributed by atoms with Crippen molar-refractivity contribution in [1.82, 2.24) is 5.32 Å². The fourth-order valence-electron chi connectivity index (χ4n) is 0.621. The zero-order valence-corrected chi connectivity index (χ0v) is 3.85. The van der Waals surface area contributed by atoms with Crippen molar-refractivity contribution in [3.05, 3.63) is 6.42 Å². The quantitative estimate of drug-likeness (QED) is 0.407. The average Bonchev–Trinajstić information content (AvgIpc) is 1.72. The van der Waals surface area contributed by atoms with E-state index in [0.29, 0.717) is 0 Å². The molecule has 0 N–H and O–H groups in total. The Labute approximate surface area is 38.7 Å². The van der Waals surface area contributed by atoms with Crippen LogP contribution in [0.15, 0.2) is 0 Å². The smallest absolute Gasteiger partial charge is 0.0136 e. The van der Waals surface area contributed by atoms with Crippen molar-refractivity contribution in [2.45, 2.75) is 12.8 Å². The highest BCUT2D eigenvalue weighted by Gasteiger charge is 1.95. The van der Waals surface area contributed by atoms with Gasteiger partial charge < -0.3 is 0 Å². The van der Waals surface area contributed by atoms with E-state index in [1.165, 1.54) is 12.8 Å². The summed E-state index contributed by atoms with van der Waals surface area (Å²) in [7, 11) is 0. The Hall–Kier alpha value is -0.0400. The van der Waals surface area contributed by atoms with Gasteiger partial charge in [-0.05, 0) is 19.3 Å². The number of rotatable bonds is 0. The van der Waals surface area contributed by atoms with Crippen LogP contribution in [0.5, 0.6) is 0 Å². The Kier molecular flexibility index (Phi) is 1.51. The topological polar surface area (TPSA) is 14.1 Å². The lowest BCUT2D eigenvalue weighted by atomic mass is 10.2. The van der Waals surface area contributed by atoms with Gasteiger partial charge in [-0.3, -0.25) is 0 Å². The monoisotopic (exact) mass is 83.1 g/mol. The van der Waals surface area contributed by atoms with Gasteiger partial charge in [0.15, 0.2) is 0 Å². The number of hydrogen-bond acceptors (Lipinski definition) is 0. The molecular formula is C5H9N. The molecule has 0 aromatic rings. The van der Waals surface area contributed by atoms with Crippen LogP contribution in [0.3, 0.4) is 0 Å². The van der Waals surface area contributed by atoms with Crippen molar-refractivity contribution in [3.8, 4) is 0 Å². The molecule has 1 saturated heterocycles. The lowest BCUT2D eigenvalue weighted by Crippen LogP contribution is -2.14. The van der Waals surface area contributed by atoms with E-state index >= 15 is 0 Å². The maximum Gasteiger partial charge on any atom is 0.0136 e. The number of hydrogen-bond donors (Lipinski definition) is 0. The second kappa shape index (κ2) is 2.19. The Morgan fingerprint density at radius 1 is 1.17 bits per heavy atom. The third-order valence-electron chi connectivity index (χ3n) is 0.983. The van der Waals surface area contributed by atoms with Gasteiger partial charge in [-0.2, -0.15) is 0 Å². The largest absolute Gasteiger partial charge is 0.242 e. The molecule has 1 heterocycles. The molecule has 0 unspecified atom stereocenters. The van der Waals surface area contributed by atoms with Crippen molar-refractivity contribution in [1.29, 1.82) is 0 Å². The van der Waals surface area contributed by atoms with E-state index < -0.39 is 0 Å². The number of nitrogens with zero attached hydrogens (tertiary/aromatic N) is 1. The highest BCUT2D eigenvalue weighted by Crippen LogP contribution is 1.96. The lowest BCUT2D eigenvalue weighted by Gasteiger charge is -2.06. The fraction of sp³-hybridized carbons (Fsp3) is 0.800. The minimum absolute atomic E-state index is 1.07. The summed E-state index contributed by atoms with van der Waals surface area (Å²) < 4.78 is 0. The van der Waals surface area contributed by atoms with Crippen LogP contribution in [0.25, 0.3) is 0 Å². The van der Waals surface area contributed by atoms with Crippen LogP contribution >= 0.6 is 0 Å². The lowest BCUT2D eigenvalue weighted by molar-refractivity contribution is 0.593. The summed E-state index contributed by atoms with van der Waals surface area (Å²) in [5, 5.41) is 4.15. The summed E-state index contributed by atoms with van der Waals surface area (Å²) in [6, 6.07) is 0. The number of piperidine rings is 1. The average molecular weight is 83.1 g/mol. The van der Waals surface area contributed by atoms with E-state index in [-0.39, 0.29) is 0 Å². The molecule has 1 heteroatoms. The molecule has 0 amide bonds. The zero-order valence-electron chi connectivity index (χ0n) is 3.85. The summed E-state index contributed by atoms with van der Waals surface area (Å²) in [6.45, 7) is 2.14. The molecule has 6 heavy (non-hydrogen) atoms. The summed E-state index contributed by atoms with van der Waals surface area (Å²) in [4.78, 5) is 0. The maximum atomic E-state index is 4.15. The van der Waals surface area contributed by atoms with Gasteiger partial charge in [0, 0.05) is 13.1 Å². The summed E-state index contributed by atoms with van der Waals surface area (Å²) in [5.74, 6) is 0. The van der Waals surface area contributed by atoms with Crippen LogP contribution in [-0.4, -0.2) is 13.1 Å². The van der Waals surface area contributed by atoms with Gasteiger partial charge in [0.05, 0.1) is 0 Å². The summed E-state index contributed by atoms with van der Waals surface area (Å²) >= 11 is 0. The first-order valence-corrected chi connectivity index (χ1v) is 2.45. The van der Waals surface area contributed by atoms with Gasteiger partial charge in [-0.15, -0.1) is 0 Å². The molecule has 0 saturated carbocycles. The van der Waals surface area contributed by atoms with Gasteiger partial charge in [0.2, 0.25) is 0 Å². The van der Waals surface area contributed by atoms with Gasteiger partial charge in [-0.1, -0.05) is 0 Å². The van der Waals surface area contributed by atoms with Crippen molar-refractivity contribution < 1.29 is 0 Å². The van der Waals surface area contributed by atoms with Crippen LogP contribution in [0.1, 0.15) is 12.8 Å². The Morgan fingerprint density at radius 2 is 1.83 bits per heavy atom. The van der Waals surface area contributed by atoms with Crippen molar-refractivity contribution in [2.75, 3.05) is 13.1 Å². The molecule has 0 atom stereocenters. The molecule has 0 bridgehead atoms. The third kappa shape index (κ3) is 0.977. The van der Waals surface area contributed by atoms with Crippen LogP contribution in [0, 0.1) is 6.42 Å². The molecule has 34 valence electrons. The van der Waals surface area contributed by atoms with Crippen molar-refractivity contribution >= 4 is 0 Å². The van der Waals surface area contributed by atoms with Gasteiger partial charge in [-0.25, -0.2) is 5.32 Å². The second-order valence-electron chi connectivity index (χ2n) is 1.54. The normalized spacial score (nSPS) is 24.0. The van der Waals surface area contributed by atoms with Gasteiger partial charge in [0.25, 0.3) is 0 Å². The first kappa shape index (κ1) is 4.13. The summed E-state index contributed by atoms with van der Waals surface area (Å²) in [6.07, 6.45) is 4.72. The molecule has 1 rings (SSSR count). The van der Waals surface area contributed by atoms with Crippen LogP contribution in [0.2, 0.25) is 0 Å². The molecule has 1 aliphatic heterocycles. The highest BCUT2D eigenvalue weighted by atomic mass is 14.9. The first-order chi connectivity index (χ1) is 3.00. The van der Waals surface area contributed by atoms with Gasteiger partial charge in [0.1, 0.15) is 0 Å². The fourth-order valence-corrected chi connectivity index (χ4v) is 0.621. The molecular weight excluding hydrogens is 74.1 g/mol. The van der Waals surface area contributed by atoms with Crippen LogP contribution in [0.4, 0.5) is 0 Å². The second-order valence-corrected chi connectivity index (χ2v) is 1.54. The Balaban J connectivity index is 2.00. The van der Waals surface area contributed by atoms with Crippen molar-refractivity contribution in [2.24, 2.45) is 0 Å².